The minimum absolute atomic E-state index is 0.0449. The molecule has 0 bridgehead atoms. The summed E-state index contributed by atoms with van der Waals surface area (Å²) in [6.07, 6.45) is 2.16. The van der Waals surface area contributed by atoms with Crippen molar-refractivity contribution in [3.63, 3.8) is 0 Å². The molecule has 3 N–H and O–H groups in total. The van der Waals surface area contributed by atoms with Crippen molar-refractivity contribution in [2.45, 2.75) is 30.8 Å². The Bertz CT molecular complexity index is 517. The SMILES string of the molecule is O=CC(CO)(Cc1cccc(F)c1)NC(=O)[C@@H]1CCCN1. The maximum absolute atomic E-state index is 13.2. The summed E-state index contributed by atoms with van der Waals surface area (Å²) in [4.78, 5) is 23.5. The fourth-order valence-electron chi connectivity index (χ4n) is 2.50. The summed E-state index contributed by atoms with van der Waals surface area (Å²) >= 11 is 0. The van der Waals surface area contributed by atoms with E-state index in [0.29, 0.717) is 18.3 Å². The second-order valence-corrected chi connectivity index (χ2v) is 5.38. The molecule has 0 spiro atoms. The van der Waals surface area contributed by atoms with Crippen LogP contribution in [0, 0.1) is 5.82 Å². The van der Waals surface area contributed by atoms with Crippen LogP contribution in [0.25, 0.3) is 0 Å². The molecule has 1 amide bonds. The monoisotopic (exact) mass is 294 g/mol. The number of rotatable bonds is 6. The molecular weight excluding hydrogens is 275 g/mol. The highest BCUT2D eigenvalue weighted by Crippen LogP contribution is 2.14. The van der Waals surface area contributed by atoms with E-state index < -0.39 is 18.0 Å². The Labute approximate surface area is 122 Å². The largest absolute Gasteiger partial charge is 0.393 e. The smallest absolute Gasteiger partial charge is 0.238 e. The zero-order valence-corrected chi connectivity index (χ0v) is 11.6. The Morgan fingerprint density at radius 1 is 1.57 bits per heavy atom. The van der Waals surface area contributed by atoms with Gasteiger partial charge in [0.1, 0.15) is 17.6 Å². The van der Waals surface area contributed by atoms with Gasteiger partial charge in [-0.25, -0.2) is 4.39 Å². The standard InChI is InChI=1S/C15H19FN2O3/c16-12-4-1-3-11(7-12)8-15(9-19,10-20)18-14(21)13-5-2-6-17-13/h1,3-4,7,9,13,17,20H,2,5-6,8,10H2,(H,18,21)/t13-,15?/m0/s1. The number of halogens is 1. The maximum atomic E-state index is 13.2. The van der Waals surface area contributed by atoms with Crippen molar-refractivity contribution in [3.05, 3.63) is 35.6 Å². The quantitative estimate of drug-likeness (QED) is 0.653. The summed E-state index contributed by atoms with van der Waals surface area (Å²) in [6, 6.07) is 5.41. The number of aliphatic hydroxyl groups is 1. The molecule has 0 saturated carbocycles. The molecule has 5 nitrogen and oxygen atoms in total. The molecule has 1 saturated heterocycles. The Morgan fingerprint density at radius 2 is 2.38 bits per heavy atom. The molecule has 21 heavy (non-hydrogen) atoms. The van der Waals surface area contributed by atoms with Gasteiger partial charge in [-0.3, -0.25) is 4.79 Å². The van der Waals surface area contributed by atoms with Crippen molar-refractivity contribution >= 4 is 12.2 Å². The van der Waals surface area contributed by atoms with Gasteiger partial charge in [-0.05, 0) is 37.1 Å². The van der Waals surface area contributed by atoms with E-state index in [0.717, 1.165) is 13.0 Å². The van der Waals surface area contributed by atoms with Crippen molar-refractivity contribution in [2.75, 3.05) is 13.2 Å². The number of carbonyl (C=O) groups excluding carboxylic acids is 2. The average molecular weight is 294 g/mol. The van der Waals surface area contributed by atoms with E-state index in [9.17, 15) is 19.1 Å². The van der Waals surface area contributed by atoms with Gasteiger partial charge in [-0.1, -0.05) is 12.1 Å². The van der Waals surface area contributed by atoms with Crippen molar-refractivity contribution in [3.8, 4) is 0 Å². The van der Waals surface area contributed by atoms with E-state index in [4.69, 9.17) is 0 Å². The minimum atomic E-state index is -1.42. The van der Waals surface area contributed by atoms with Crippen LogP contribution >= 0.6 is 0 Å². The second-order valence-electron chi connectivity index (χ2n) is 5.38. The van der Waals surface area contributed by atoms with E-state index in [1.54, 1.807) is 6.07 Å². The van der Waals surface area contributed by atoms with Crippen LogP contribution in [0.2, 0.25) is 0 Å². The summed E-state index contributed by atoms with van der Waals surface area (Å²) in [6.45, 7) is 0.223. The fourth-order valence-corrected chi connectivity index (χ4v) is 2.50. The highest BCUT2D eigenvalue weighted by Gasteiger charge is 2.34. The summed E-state index contributed by atoms with van der Waals surface area (Å²) < 4.78 is 13.2. The van der Waals surface area contributed by atoms with E-state index in [2.05, 4.69) is 10.6 Å². The molecule has 6 heteroatoms. The predicted octanol–water partition coefficient (Wildman–Crippen LogP) is 0.166. The van der Waals surface area contributed by atoms with Crippen LogP contribution in [0.5, 0.6) is 0 Å². The number of benzene rings is 1. The molecule has 1 aromatic carbocycles. The lowest BCUT2D eigenvalue weighted by molar-refractivity contribution is -0.129. The lowest BCUT2D eigenvalue weighted by Gasteiger charge is -2.28. The molecule has 1 unspecified atom stereocenters. The fraction of sp³-hybridized carbons (Fsp3) is 0.467. The number of amides is 1. The molecule has 2 rings (SSSR count). The lowest BCUT2D eigenvalue weighted by atomic mass is 9.92. The van der Waals surface area contributed by atoms with Crippen LogP contribution < -0.4 is 10.6 Å². The number of nitrogens with one attached hydrogen (secondary N) is 2. The molecule has 0 aliphatic carbocycles. The first-order chi connectivity index (χ1) is 10.1. The number of aldehydes is 1. The Morgan fingerprint density at radius 3 is 2.95 bits per heavy atom. The van der Waals surface area contributed by atoms with Gasteiger partial charge in [0.05, 0.1) is 12.6 Å². The molecule has 0 radical (unpaired) electrons. The van der Waals surface area contributed by atoms with Crippen LogP contribution in [0.4, 0.5) is 4.39 Å². The van der Waals surface area contributed by atoms with Crippen LogP contribution in [0.3, 0.4) is 0 Å². The summed E-state index contributed by atoms with van der Waals surface area (Å²) in [5, 5.41) is 15.2. The van der Waals surface area contributed by atoms with Gasteiger partial charge in [0.2, 0.25) is 5.91 Å². The maximum Gasteiger partial charge on any atom is 0.238 e. The average Bonchev–Trinajstić information content (AvgIpc) is 3.01. The van der Waals surface area contributed by atoms with Gasteiger partial charge in [0, 0.05) is 6.42 Å². The first kappa shape index (κ1) is 15.6. The topological polar surface area (TPSA) is 78.4 Å². The highest BCUT2D eigenvalue weighted by molar-refractivity contribution is 5.86. The van der Waals surface area contributed by atoms with Crippen molar-refractivity contribution in [1.29, 1.82) is 0 Å². The number of hydrogen-bond donors (Lipinski definition) is 3. The van der Waals surface area contributed by atoms with Gasteiger partial charge in [0.15, 0.2) is 0 Å². The Balaban J connectivity index is 2.11. The molecule has 1 aromatic rings. The molecule has 1 aliphatic heterocycles. The van der Waals surface area contributed by atoms with E-state index in [-0.39, 0.29) is 18.4 Å². The van der Waals surface area contributed by atoms with Crippen LogP contribution in [0.1, 0.15) is 18.4 Å². The van der Waals surface area contributed by atoms with Crippen molar-refractivity contribution < 1.29 is 19.1 Å². The first-order valence-corrected chi connectivity index (χ1v) is 6.95. The van der Waals surface area contributed by atoms with Crippen LogP contribution in [0.15, 0.2) is 24.3 Å². The summed E-state index contributed by atoms with van der Waals surface area (Å²) in [5.41, 5.74) is -0.884. The molecule has 1 fully saturated rings. The number of aliphatic hydroxyl groups excluding tert-OH is 1. The Kier molecular flexibility index (Phi) is 5.03. The van der Waals surface area contributed by atoms with E-state index in [1.807, 2.05) is 0 Å². The van der Waals surface area contributed by atoms with E-state index >= 15 is 0 Å². The number of carbonyl (C=O) groups is 2. The third kappa shape index (κ3) is 3.86. The highest BCUT2D eigenvalue weighted by atomic mass is 19.1. The van der Waals surface area contributed by atoms with Gasteiger partial charge < -0.3 is 20.5 Å². The molecule has 2 atom stereocenters. The molecule has 114 valence electrons. The van der Waals surface area contributed by atoms with Gasteiger partial charge in [-0.2, -0.15) is 0 Å². The second kappa shape index (κ2) is 6.78. The predicted molar refractivity (Wildman–Crippen MR) is 75.2 cm³/mol. The van der Waals surface area contributed by atoms with Gasteiger partial charge in [0.25, 0.3) is 0 Å². The molecule has 1 heterocycles. The zero-order valence-electron chi connectivity index (χ0n) is 11.6. The summed E-state index contributed by atoms with van der Waals surface area (Å²) in [5.74, 6) is -0.737. The number of hydrogen-bond acceptors (Lipinski definition) is 4. The zero-order chi connectivity index (χ0) is 15.3. The Hall–Kier alpha value is -1.79. The normalized spacial score (nSPS) is 20.8. The van der Waals surface area contributed by atoms with Crippen molar-refractivity contribution in [1.82, 2.24) is 10.6 Å². The molecular formula is C15H19FN2O3. The van der Waals surface area contributed by atoms with Gasteiger partial charge in [-0.15, -0.1) is 0 Å². The molecule has 0 aromatic heterocycles. The van der Waals surface area contributed by atoms with Crippen molar-refractivity contribution in [2.24, 2.45) is 0 Å². The third-order valence-electron chi connectivity index (χ3n) is 3.67. The van der Waals surface area contributed by atoms with Crippen LogP contribution in [-0.2, 0) is 16.0 Å². The van der Waals surface area contributed by atoms with E-state index in [1.165, 1.54) is 18.2 Å². The van der Waals surface area contributed by atoms with Gasteiger partial charge >= 0.3 is 0 Å². The molecule has 1 aliphatic rings. The minimum Gasteiger partial charge on any atom is -0.393 e. The third-order valence-corrected chi connectivity index (χ3v) is 3.67. The lowest BCUT2D eigenvalue weighted by Crippen LogP contribution is -2.58. The summed E-state index contributed by atoms with van der Waals surface area (Å²) in [7, 11) is 0. The van der Waals surface area contributed by atoms with Crippen LogP contribution in [-0.4, -0.2) is 42.0 Å². The first-order valence-electron chi connectivity index (χ1n) is 6.95.